The predicted octanol–water partition coefficient (Wildman–Crippen LogP) is 11.5. The number of benzene rings is 7. The first-order chi connectivity index (χ1) is 27.8. The molecule has 11 aromatic rings. The molecule has 0 amide bonds. The molecule has 0 spiro atoms. The lowest BCUT2D eigenvalue weighted by atomic mass is 10.1. The third-order valence-corrected chi connectivity index (χ3v) is 10.5. The maximum atomic E-state index is 5.06. The zero-order valence-electron chi connectivity index (χ0n) is 30.0. The number of para-hydroxylation sites is 2. The van der Waals surface area contributed by atoms with Gasteiger partial charge in [0.05, 0.1) is 40.1 Å². The van der Waals surface area contributed by atoms with Crippen molar-refractivity contribution in [1.29, 1.82) is 0 Å². The first-order valence-electron chi connectivity index (χ1n) is 18.6. The molecule has 11 rings (SSSR count). The minimum absolute atomic E-state index is 0.606. The number of rotatable bonds is 6. The average molecular weight is 718 g/mol. The van der Waals surface area contributed by atoms with Gasteiger partial charge in [-0.05, 0) is 48.5 Å². The number of nitrogens with zero attached hydrogens (tertiary/aromatic N) is 7. The van der Waals surface area contributed by atoms with Crippen LogP contribution >= 0.6 is 0 Å². The Morgan fingerprint density at radius 2 is 0.696 bits per heavy atom. The summed E-state index contributed by atoms with van der Waals surface area (Å²) in [5.41, 5.74) is 10.1. The lowest BCUT2D eigenvalue weighted by molar-refractivity contribution is 1.07. The van der Waals surface area contributed by atoms with Crippen LogP contribution in [-0.4, -0.2) is 34.1 Å². The zero-order chi connectivity index (χ0) is 37.0. The van der Waals surface area contributed by atoms with Crippen LogP contribution in [0.15, 0.2) is 188 Å². The zero-order valence-corrected chi connectivity index (χ0v) is 30.0. The van der Waals surface area contributed by atoms with Crippen LogP contribution < -0.4 is 0 Å². The van der Waals surface area contributed by atoms with Crippen molar-refractivity contribution in [1.82, 2.24) is 34.1 Å². The molecule has 0 saturated heterocycles. The summed E-state index contributed by atoms with van der Waals surface area (Å²) in [5, 5.41) is 4.60. The highest BCUT2D eigenvalue weighted by Crippen LogP contribution is 2.38. The smallest absolute Gasteiger partial charge is 0.164 e. The second kappa shape index (κ2) is 13.0. The third-order valence-electron chi connectivity index (χ3n) is 10.5. The van der Waals surface area contributed by atoms with Gasteiger partial charge in [-0.2, -0.15) is 0 Å². The van der Waals surface area contributed by atoms with Gasteiger partial charge in [0.1, 0.15) is 0 Å². The minimum atomic E-state index is 0.606. The van der Waals surface area contributed by atoms with E-state index in [1.807, 2.05) is 103 Å². The van der Waals surface area contributed by atoms with Crippen LogP contribution in [0, 0.1) is 0 Å². The summed E-state index contributed by atoms with van der Waals surface area (Å²) in [6.45, 7) is 0. The number of fused-ring (bicyclic) bond motifs is 6. The summed E-state index contributed by atoms with van der Waals surface area (Å²) in [5.74, 6) is 2.54. The van der Waals surface area contributed by atoms with Crippen LogP contribution in [0.4, 0.5) is 0 Å². The molecular weight excluding hydrogens is 687 g/mol. The molecule has 4 heterocycles. The van der Waals surface area contributed by atoms with Crippen LogP contribution in [-0.2, 0) is 0 Å². The summed E-state index contributed by atoms with van der Waals surface area (Å²) in [7, 11) is 0. The van der Waals surface area contributed by atoms with Crippen molar-refractivity contribution < 1.29 is 0 Å². The molecule has 7 nitrogen and oxygen atoms in total. The van der Waals surface area contributed by atoms with E-state index in [0.717, 1.165) is 66.5 Å². The number of hydrogen-bond donors (Lipinski definition) is 0. The standard InChI is InChI=1S/C49H31N7/c1-4-14-32(15-5-1)46-50-30-37(31-51-46)56-44-26-24-35(49-53-47(33-16-6-2-7-17-33)52-48(54-49)34-18-8-3-9-19-34)28-40(44)41-29-36(25-27-45(41)56)55-42-22-12-10-20-38(42)39-21-11-13-23-43(39)55/h1-31H. The molecular formula is C49H31N7. The molecule has 0 radical (unpaired) electrons. The van der Waals surface area contributed by atoms with Crippen molar-refractivity contribution in [2.45, 2.75) is 0 Å². The summed E-state index contributed by atoms with van der Waals surface area (Å²) >= 11 is 0. The Morgan fingerprint density at radius 1 is 0.286 bits per heavy atom. The second-order valence-electron chi connectivity index (χ2n) is 13.8. The van der Waals surface area contributed by atoms with Gasteiger partial charge in [0.25, 0.3) is 0 Å². The van der Waals surface area contributed by atoms with Crippen molar-refractivity contribution in [3.63, 3.8) is 0 Å². The van der Waals surface area contributed by atoms with Gasteiger partial charge in [-0.1, -0.05) is 127 Å². The van der Waals surface area contributed by atoms with E-state index in [2.05, 4.69) is 94.1 Å². The van der Waals surface area contributed by atoms with E-state index < -0.39 is 0 Å². The Labute approximate surface area is 321 Å². The molecule has 0 N–H and O–H groups in total. The first kappa shape index (κ1) is 31.7. The van der Waals surface area contributed by atoms with Gasteiger partial charge in [0.15, 0.2) is 23.3 Å². The Hall–Kier alpha value is -7.77. The fourth-order valence-electron chi connectivity index (χ4n) is 7.88. The third kappa shape index (κ3) is 5.25. The van der Waals surface area contributed by atoms with Crippen molar-refractivity contribution in [2.24, 2.45) is 0 Å². The fourth-order valence-corrected chi connectivity index (χ4v) is 7.88. The van der Waals surface area contributed by atoms with Gasteiger partial charge in [-0.3, -0.25) is 0 Å². The van der Waals surface area contributed by atoms with E-state index in [0.29, 0.717) is 23.3 Å². The monoisotopic (exact) mass is 717 g/mol. The van der Waals surface area contributed by atoms with Gasteiger partial charge >= 0.3 is 0 Å². The molecule has 7 aromatic carbocycles. The lowest BCUT2D eigenvalue weighted by Gasteiger charge is -2.10. The second-order valence-corrected chi connectivity index (χ2v) is 13.8. The van der Waals surface area contributed by atoms with Gasteiger partial charge in [-0.25, -0.2) is 24.9 Å². The first-order valence-corrected chi connectivity index (χ1v) is 18.6. The Bertz CT molecular complexity index is 3110. The van der Waals surface area contributed by atoms with E-state index in [4.69, 9.17) is 24.9 Å². The van der Waals surface area contributed by atoms with Crippen LogP contribution in [0.3, 0.4) is 0 Å². The largest absolute Gasteiger partial charge is 0.309 e. The predicted molar refractivity (Wildman–Crippen MR) is 226 cm³/mol. The molecule has 0 fully saturated rings. The summed E-state index contributed by atoms with van der Waals surface area (Å²) in [6.07, 6.45) is 3.82. The van der Waals surface area contributed by atoms with Crippen molar-refractivity contribution in [3.05, 3.63) is 188 Å². The van der Waals surface area contributed by atoms with Crippen molar-refractivity contribution in [2.75, 3.05) is 0 Å². The molecule has 0 unspecified atom stereocenters. The van der Waals surface area contributed by atoms with Crippen molar-refractivity contribution in [3.8, 4) is 56.9 Å². The quantitative estimate of drug-likeness (QED) is 0.171. The topological polar surface area (TPSA) is 74.3 Å². The highest BCUT2D eigenvalue weighted by molar-refractivity contribution is 6.13. The molecule has 56 heavy (non-hydrogen) atoms. The van der Waals surface area contributed by atoms with Gasteiger partial charge in [0.2, 0.25) is 0 Å². The average Bonchev–Trinajstić information content (AvgIpc) is 3.79. The molecule has 7 heteroatoms. The molecule has 0 aliphatic rings. The maximum absolute atomic E-state index is 5.06. The van der Waals surface area contributed by atoms with E-state index in [1.165, 1.54) is 10.8 Å². The number of aromatic nitrogens is 7. The highest BCUT2D eigenvalue weighted by atomic mass is 15.0. The molecule has 0 saturated carbocycles. The Balaban J connectivity index is 1.15. The van der Waals surface area contributed by atoms with Gasteiger partial charge in [-0.15, -0.1) is 0 Å². The van der Waals surface area contributed by atoms with Gasteiger partial charge in [0, 0.05) is 49.5 Å². The van der Waals surface area contributed by atoms with E-state index in [-0.39, 0.29) is 0 Å². The van der Waals surface area contributed by atoms with Crippen LogP contribution in [0.2, 0.25) is 0 Å². The highest BCUT2D eigenvalue weighted by Gasteiger charge is 2.19. The van der Waals surface area contributed by atoms with E-state index >= 15 is 0 Å². The minimum Gasteiger partial charge on any atom is -0.309 e. The van der Waals surface area contributed by atoms with E-state index in [1.54, 1.807) is 0 Å². The molecule has 0 aliphatic heterocycles. The molecule has 0 atom stereocenters. The normalized spacial score (nSPS) is 11.6. The maximum Gasteiger partial charge on any atom is 0.164 e. The molecule has 0 aliphatic carbocycles. The Kier molecular flexibility index (Phi) is 7.35. The summed E-state index contributed by atoms with van der Waals surface area (Å²) in [4.78, 5) is 24.7. The van der Waals surface area contributed by atoms with E-state index in [9.17, 15) is 0 Å². The number of hydrogen-bond acceptors (Lipinski definition) is 5. The van der Waals surface area contributed by atoms with Crippen LogP contribution in [0.25, 0.3) is 101 Å². The molecule has 0 bridgehead atoms. The molecule has 262 valence electrons. The molecule has 4 aromatic heterocycles. The van der Waals surface area contributed by atoms with Crippen LogP contribution in [0.1, 0.15) is 0 Å². The SMILES string of the molecule is c1ccc(-c2ncc(-n3c4ccc(-c5nc(-c6ccccc6)nc(-c6ccccc6)n5)cc4c4cc(-n5c6ccccc6c6ccccc65)ccc43)cn2)cc1. The fraction of sp³-hybridized carbons (Fsp3) is 0. The van der Waals surface area contributed by atoms with Crippen molar-refractivity contribution >= 4 is 43.6 Å². The lowest BCUT2D eigenvalue weighted by Crippen LogP contribution is -2.00. The summed E-state index contributed by atoms with van der Waals surface area (Å²) < 4.78 is 4.61. The Morgan fingerprint density at radius 3 is 1.25 bits per heavy atom. The summed E-state index contributed by atoms with van der Waals surface area (Å²) in [6, 6.07) is 60.6. The van der Waals surface area contributed by atoms with Crippen LogP contribution in [0.5, 0.6) is 0 Å². The van der Waals surface area contributed by atoms with Gasteiger partial charge < -0.3 is 9.13 Å².